The van der Waals surface area contributed by atoms with Crippen LogP contribution in [0, 0.1) is 11.8 Å². The summed E-state index contributed by atoms with van der Waals surface area (Å²) >= 11 is 0. The third kappa shape index (κ3) is 3.20. The van der Waals surface area contributed by atoms with Crippen LogP contribution in [0.1, 0.15) is 26.7 Å². The minimum Gasteiger partial charge on any atom is -0.460 e. The van der Waals surface area contributed by atoms with Crippen molar-refractivity contribution in [3.05, 3.63) is 12.2 Å². The Kier molecular flexibility index (Phi) is 4.67. The van der Waals surface area contributed by atoms with E-state index in [2.05, 4.69) is 11.9 Å². The van der Waals surface area contributed by atoms with Gasteiger partial charge in [-0.05, 0) is 32.6 Å². The molecule has 2 saturated carbocycles. The molecule has 0 radical (unpaired) electrons. The number of ether oxygens (including phenoxy) is 2. The van der Waals surface area contributed by atoms with Crippen LogP contribution in [0.3, 0.4) is 0 Å². The molecule has 0 aromatic heterocycles. The molecule has 0 spiro atoms. The fourth-order valence-corrected chi connectivity index (χ4v) is 6.39. The molecule has 3 aliphatic rings. The number of fused-ring (bicyclic) bond motifs is 1. The maximum absolute atomic E-state index is 12.0. The van der Waals surface area contributed by atoms with Crippen molar-refractivity contribution < 1.29 is 31.7 Å². The van der Waals surface area contributed by atoms with Crippen LogP contribution in [0.15, 0.2) is 12.2 Å². The van der Waals surface area contributed by atoms with Crippen molar-refractivity contribution >= 4 is 22.0 Å². The van der Waals surface area contributed by atoms with E-state index in [1.807, 2.05) is 0 Å². The number of carbonyl (C=O) groups excluding carboxylic acids is 2. The van der Waals surface area contributed by atoms with Gasteiger partial charge in [-0.25, -0.2) is 4.79 Å². The monoisotopic (exact) mass is 373 g/mol. The molecule has 0 aromatic carbocycles. The maximum Gasteiger partial charge on any atom is 0.333 e. The van der Waals surface area contributed by atoms with Crippen molar-refractivity contribution in [3.63, 3.8) is 0 Å². The molecule has 2 aliphatic carbocycles. The first kappa shape index (κ1) is 18.3. The zero-order valence-electron chi connectivity index (χ0n) is 14.3. The first-order valence-electron chi connectivity index (χ1n) is 8.30. The van der Waals surface area contributed by atoms with Gasteiger partial charge in [0.2, 0.25) is 5.91 Å². The Bertz CT molecular complexity index is 703. The Hall–Kier alpha value is -1.45. The summed E-state index contributed by atoms with van der Waals surface area (Å²) in [7, 11) is -3.53. The van der Waals surface area contributed by atoms with Gasteiger partial charge in [-0.15, -0.1) is 0 Å². The molecule has 9 heteroatoms. The van der Waals surface area contributed by atoms with Crippen LogP contribution in [-0.4, -0.2) is 57.0 Å². The van der Waals surface area contributed by atoms with Crippen LogP contribution in [-0.2, 0) is 33.4 Å². The SMILES string of the molecule is C=C(C)C(=O)OCCNC(=O)COC1C2CC3C(C2)S(=O)(=O)OC31C. The largest absolute Gasteiger partial charge is 0.460 e. The lowest BCUT2D eigenvalue weighted by molar-refractivity contribution is -0.141. The Morgan fingerprint density at radius 2 is 2.08 bits per heavy atom. The molecule has 1 aliphatic heterocycles. The predicted octanol–water partition coefficient (Wildman–Crippen LogP) is 0.134. The van der Waals surface area contributed by atoms with Crippen molar-refractivity contribution in [2.45, 2.75) is 43.6 Å². The molecule has 8 nitrogen and oxygen atoms in total. The van der Waals surface area contributed by atoms with E-state index in [9.17, 15) is 18.0 Å². The molecule has 1 saturated heterocycles. The molecule has 2 bridgehead atoms. The van der Waals surface area contributed by atoms with E-state index >= 15 is 0 Å². The summed E-state index contributed by atoms with van der Waals surface area (Å²) in [4.78, 5) is 23.1. The number of amides is 1. The second-order valence-electron chi connectivity index (χ2n) is 7.13. The lowest BCUT2D eigenvalue weighted by Gasteiger charge is -2.33. The molecule has 140 valence electrons. The molecule has 1 heterocycles. The zero-order chi connectivity index (χ0) is 18.4. The van der Waals surface area contributed by atoms with Crippen molar-refractivity contribution in [1.29, 1.82) is 0 Å². The van der Waals surface area contributed by atoms with Gasteiger partial charge in [0, 0.05) is 11.5 Å². The lowest BCUT2D eigenvalue weighted by atomic mass is 9.83. The highest BCUT2D eigenvalue weighted by Gasteiger charge is 2.71. The summed E-state index contributed by atoms with van der Waals surface area (Å²) in [5, 5.41) is 2.16. The van der Waals surface area contributed by atoms with Gasteiger partial charge in [-0.1, -0.05) is 6.58 Å². The second-order valence-corrected chi connectivity index (χ2v) is 8.89. The zero-order valence-corrected chi connectivity index (χ0v) is 15.1. The minimum atomic E-state index is -3.53. The molecular weight excluding hydrogens is 350 g/mol. The Morgan fingerprint density at radius 3 is 2.76 bits per heavy atom. The van der Waals surface area contributed by atoms with Crippen molar-refractivity contribution in [2.75, 3.05) is 19.8 Å². The van der Waals surface area contributed by atoms with E-state index in [1.54, 1.807) is 13.8 Å². The third-order valence-electron chi connectivity index (χ3n) is 5.34. The van der Waals surface area contributed by atoms with Crippen LogP contribution in [0.25, 0.3) is 0 Å². The summed E-state index contributed by atoms with van der Waals surface area (Å²) in [6.07, 6.45) is 0.882. The van der Waals surface area contributed by atoms with Crippen LogP contribution in [0.4, 0.5) is 0 Å². The summed E-state index contributed by atoms with van der Waals surface area (Å²) in [5.74, 6) is -0.816. The van der Waals surface area contributed by atoms with Gasteiger partial charge in [0.25, 0.3) is 10.1 Å². The highest BCUT2D eigenvalue weighted by molar-refractivity contribution is 7.87. The molecule has 5 atom stereocenters. The molecule has 5 unspecified atom stereocenters. The van der Waals surface area contributed by atoms with Gasteiger partial charge in [0.05, 0.1) is 17.9 Å². The van der Waals surface area contributed by atoms with Gasteiger partial charge >= 0.3 is 5.97 Å². The Morgan fingerprint density at radius 1 is 1.36 bits per heavy atom. The van der Waals surface area contributed by atoms with E-state index in [-0.39, 0.29) is 37.5 Å². The second kappa shape index (κ2) is 6.37. The number of esters is 1. The van der Waals surface area contributed by atoms with Gasteiger partial charge in [0.1, 0.15) is 18.8 Å². The first-order valence-corrected chi connectivity index (χ1v) is 9.77. The number of hydrogen-bond donors (Lipinski definition) is 1. The maximum atomic E-state index is 12.0. The normalized spacial score (nSPS) is 37.0. The smallest absolute Gasteiger partial charge is 0.333 e. The molecule has 3 fully saturated rings. The number of carbonyl (C=O) groups is 2. The molecule has 0 aromatic rings. The van der Waals surface area contributed by atoms with Crippen LogP contribution in [0.5, 0.6) is 0 Å². The minimum absolute atomic E-state index is 0.0479. The van der Waals surface area contributed by atoms with Crippen molar-refractivity contribution in [3.8, 4) is 0 Å². The number of nitrogens with one attached hydrogen (secondary N) is 1. The van der Waals surface area contributed by atoms with Crippen molar-refractivity contribution in [2.24, 2.45) is 11.8 Å². The van der Waals surface area contributed by atoms with Crippen LogP contribution >= 0.6 is 0 Å². The highest BCUT2D eigenvalue weighted by atomic mass is 32.2. The van der Waals surface area contributed by atoms with E-state index in [1.165, 1.54) is 0 Å². The number of hydrogen-bond acceptors (Lipinski definition) is 7. The number of rotatable bonds is 7. The highest BCUT2D eigenvalue weighted by Crippen LogP contribution is 2.61. The predicted molar refractivity (Wildman–Crippen MR) is 86.9 cm³/mol. The summed E-state index contributed by atoms with van der Waals surface area (Å²) < 4.78 is 40.0. The Labute approximate surface area is 147 Å². The summed E-state index contributed by atoms with van der Waals surface area (Å²) in [6, 6.07) is 0. The Balaban J connectivity index is 1.45. The average Bonchev–Trinajstić information content (AvgIpc) is 3.09. The summed E-state index contributed by atoms with van der Waals surface area (Å²) in [6.45, 7) is 6.79. The first-order chi connectivity index (χ1) is 11.6. The van der Waals surface area contributed by atoms with Crippen LogP contribution < -0.4 is 5.32 Å². The van der Waals surface area contributed by atoms with E-state index < -0.39 is 33.0 Å². The molecule has 1 amide bonds. The summed E-state index contributed by atoms with van der Waals surface area (Å²) in [5.41, 5.74) is -0.576. The van der Waals surface area contributed by atoms with E-state index in [4.69, 9.17) is 13.7 Å². The van der Waals surface area contributed by atoms with E-state index in [0.29, 0.717) is 12.0 Å². The standard InChI is InChI=1S/C16H23NO7S/c1-9(2)15(19)22-5-4-17-13(18)8-23-14-10-6-11-12(7-10)25(20,21)24-16(11,14)3/h10-12,14H,1,4-8H2,2-3H3,(H,17,18). The quantitative estimate of drug-likeness (QED) is 0.292. The van der Waals surface area contributed by atoms with Gasteiger partial charge in [-0.2, -0.15) is 8.42 Å². The van der Waals surface area contributed by atoms with Gasteiger partial charge < -0.3 is 14.8 Å². The fourth-order valence-electron chi connectivity index (χ4n) is 4.28. The fraction of sp³-hybridized carbons (Fsp3) is 0.750. The van der Waals surface area contributed by atoms with Gasteiger partial charge in [-0.3, -0.25) is 8.98 Å². The lowest BCUT2D eigenvalue weighted by Crippen LogP contribution is -2.47. The van der Waals surface area contributed by atoms with Gasteiger partial charge in [0.15, 0.2) is 0 Å². The van der Waals surface area contributed by atoms with Crippen molar-refractivity contribution in [1.82, 2.24) is 5.32 Å². The molecule has 25 heavy (non-hydrogen) atoms. The van der Waals surface area contributed by atoms with E-state index in [0.717, 1.165) is 6.42 Å². The van der Waals surface area contributed by atoms with Crippen LogP contribution in [0.2, 0.25) is 0 Å². The average molecular weight is 373 g/mol. The molecular formula is C16H23NO7S. The third-order valence-corrected chi connectivity index (χ3v) is 7.19. The topological polar surface area (TPSA) is 108 Å². The molecule has 3 rings (SSSR count). The molecule has 1 N–H and O–H groups in total.